The summed E-state index contributed by atoms with van der Waals surface area (Å²) >= 11 is 0. The third-order valence-corrected chi connectivity index (χ3v) is 9.08. The van der Waals surface area contributed by atoms with Gasteiger partial charge in [0.15, 0.2) is 0 Å². The van der Waals surface area contributed by atoms with E-state index >= 15 is 0 Å². The molecule has 0 bridgehead atoms. The topological polar surface area (TPSA) is 40.8 Å². The Morgan fingerprint density at radius 1 is 0.632 bits per heavy atom. The molecule has 0 radical (unpaired) electrons. The highest BCUT2D eigenvalue weighted by Crippen LogP contribution is 2.62. The zero-order chi connectivity index (χ0) is 25.9. The third kappa shape index (κ3) is 2.63. The predicted molar refractivity (Wildman–Crippen MR) is 149 cm³/mol. The van der Waals surface area contributed by atoms with Gasteiger partial charge in [-0.2, -0.15) is 0 Å². The minimum absolute atomic E-state index is 0.418. The molecule has 38 heavy (non-hydrogen) atoms. The number of hydrogen-bond donors (Lipinski definition) is 0. The van der Waals surface area contributed by atoms with Crippen molar-refractivity contribution in [2.24, 2.45) is 0 Å². The molecule has 1 fully saturated rings. The number of hydrogen-bond acceptors (Lipinski definition) is 4. The highest BCUT2D eigenvalue weighted by Gasteiger charge is 2.54. The van der Waals surface area contributed by atoms with Gasteiger partial charge in [0.1, 0.15) is 17.1 Å². The van der Waals surface area contributed by atoms with E-state index in [0.717, 1.165) is 39.1 Å². The van der Waals surface area contributed by atoms with E-state index in [4.69, 9.17) is 18.5 Å². The van der Waals surface area contributed by atoms with Crippen molar-refractivity contribution in [2.45, 2.75) is 44.3 Å². The standard InChI is InChI=1S/C33H27BO4/c1-31(2)32(3,4)38-34(37-31)20-13-14-21-26(19-20)33(25-15-16-27-22(30(21)25)17-18-35-27)23-9-5-7-11-28(23)36-29-12-8-6-10-24(29)33/h5-19H,1-4H3. The molecule has 1 spiro atoms. The third-order valence-electron chi connectivity index (χ3n) is 9.08. The molecule has 2 aliphatic heterocycles. The fourth-order valence-corrected chi connectivity index (χ4v) is 6.58. The number of rotatable bonds is 1. The van der Waals surface area contributed by atoms with Crippen LogP contribution in [0.15, 0.2) is 95.6 Å². The number of fused-ring (bicyclic) bond motifs is 11. The van der Waals surface area contributed by atoms with Gasteiger partial charge < -0.3 is 18.5 Å². The molecule has 1 saturated heterocycles. The monoisotopic (exact) mass is 498 g/mol. The molecular weight excluding hydrogens is 471 g/mol. The van der Waals surface area contributed by atoms with Gasteiger partial charge in [-0.25, -0.2) is 0 Å². The van der Waals surface area contributed by atoms with Crippen molar-refractivity contribution >= 4 is 23.6 Å². The lowest BCUT2D eigenvalue weighted by atomic mass is 9.65. The first-order valence-electron chi connectivity index (χ1n) is 13.2. The van der Waals surface area contributed by atoms with E-state index in [1.54, 1.807) is 6.26 Å². The summed E-state index contributed by atoms with van der Waals surface area (Å²) < 4.78 is 25.3. The van der Waals surface area contributed by atoms with Crippen molar-refractivity contribution in [3.63, 3.8) is 0 Å². The number of para-hydroxylation sites is 2. The normalized spacial score (nSPS) is 19.1. The van der Waals surface area contributed by atoms with Crippen LogP contribution in [0.2, 0.25) is 0 Å². The molecule has 0 N–H and O–H groups in total. The van der Waals surface area contributed by atoms with E-state index in [0.29, 0.717) is 0 Å². The summed E-state index contributed by atoms with van der Waals surface area (Å²) in [5.74, 6) is 1.75. The van der Waals surface area contributed by atoms with Crippen LogP contribution in [0.3, 0.4) is 0 Å². The van der Waals surface area contributed by atoms with Crippen LogP contribution in [0.1, 0.15) is 49.9 Å². The van der Waals surface area contributed by atoms with E-state index < -0.39 is 23.7 Å². The zero-order valence-corrected chi connectivity index (χ0v) is 21.9. The van der Waals surface area contributed by atoms with Crippen LogP contribution in [0, 0.1) is 0 Å². The molecule has 0 saturated carbocycles. The molecule has 0 amide bonds. The van der Waals surface area contributed by atoms with Gasteiger partial charge in [0.2, 0.25) is 0 Å². The maximum absolute atomic E-state index is 6.50. The molecular formula is C33H27BO4. The summed E-state index contributed by atoms with van der Waals surface area (Å²) in [6.45, 7) is 8.38. The minimum Gasteiger partial charge on any atom is -0.464 e. The molecule has 5 aromatic rings. The number of furan rings is 1. The van der Waals surface area contributed by atoms with Gasteiger partial charge in [0.05, 0.1) is 22.9 Å². The molecule has 186 valence electrons. The average molecular weight is 498 g/mol. The van der Waals surface area contributed by atoms with Crippen LogP contribution in [0.25, 0.3) is 22.1 Å². The second-order valence-electron chi connectivity index (χ2n) is 11.6. The second kappa shape index (κ2) is 7.19. The van der Waals surface area contributed by atoms with Gasteiger partial charge >= 0.3 is 7.12 Å². The molecule has 1 aromatic heterocycles. The highest BCUT2D eigenvalue weighted by molar-refractivity contribution is 6.62. The van der Waals surface area contributed by atoms with Crippen LogP contribution >= 0.6 is 0 Å². The summed E-state index contributed by atoms with van der Waals surface area (Å²) in [4.78, 5) is 0. The van der Waals surface area contributed by atoms with Gasteiger partial charge in [-0.05, 0) is 79.7 Å². The van der Waals surface area contributed by atoms with Crippen molar-refractivity contribution in [3.8, 4) is 22.6 Å². The van der Waals surface area contributed by atoms with Crippen LogP contribution < -0.4 is 10.2 Å². The second-order valence-corrected chi connectivity index (χ2v) is 11.6. The summed E-state index contributed by atoms with van der Waals surface area (Å²) in [6, 6.07) is 29.9. The lowest BCUT2D eigenvalue weighted by molar-refractivity contribution is 0.00578. The first kappa shape index (κ1) is 22.2. The van der Waals surface area contributed by atoms with Crippen LogP contribution in [-0.2, 0) is 14.7 Å². The molecule has 3 heterocycles. The fraction of sp³-hybridized carbons (Fsp3) is 0.212. The van der Waals surface area contributed by atoms with Crippen LogP contribution in [0.5, 0.6) is 11.5 Å². The lowest BCUT2D eigenvalue weighted by Gasteiger charge is -2.39. The highest BCUT2D eigenvalue weighted by atomic mass is 16.7. The largest absolute Gasteiger partial charge is 0.494 e. The maximum Gasteiger partial charge on any atom is 0.494 e. The smallest absolute Gasteiger partial charge is 0.464 e. The Morgan fingerprint density at radius 3 is 1.97 bits per heavy atom. The van der Waals surface area contributed by atoms with E-state index in [1.807, 2.05) is 12.1 Å². The van der Waals surface area contributed by atoms with Gasteiger partial charge in [-0.15, -0.1) is 0 Å². The van der Waals surface area contributed by atoms with E-state index in [9.17, 15) is 0 Å². The van der Waals surface area contributed by atoms with Gasteiger partial charge in [0.25, 0.3) is 0 Å². The molecule has 5 heteroatoms. The molecule has 4 aromatic carbocycles. The van der Waals surface area contributed by atoms with Crippen molar-refractivity contribution in [2.75, 3.05) is 0 Å². The summed E-state index contributed by atoms with van der Waals surface area (Å²) in [5, 5.41) is 1.12. The van der Waals surface area contributed by atoms with E-state index in [1.165, 1.54) is 22.3 Å². The summed E-state index contributed by atoms with van der Waals surface area (Å²) in [6.07, 6.45) is 1.78. The van der Waals surface area contributed by atoms with Crippen LogP contribution in [-0.4, -0.2) is 18.3 Å². The lowest BCUT2D eigenvalue weighted by Crippen LogP contribution is -2.41. The quantitative estimate of drug-likeness (QED) is 0.225. The zero-order valence-electron chi connectivity index (χ0n) is 21.9. The molecule has 4 nitrogen and oxygen atoms in total. The van der Waals surface area contributed by atoms with Crippen molar-refractivity contribution in [1.82, 2.24) is 0 Å². The molecule has 0 atom stereocenters. The SMILES string of the molecule is CC1(C)OB(c2ccc3c(c2)C2(c4ccccc4Oc4ccccc42)c2ccc4occc4c2-3)OC1(C)C. The Bertz CT molecular complexity index is 1720. The Labute approximate surface area is 222 Å². The molecule has 3 aliphatic rings. The average Bonchev–Trinajstić information content (AvgIpc) is 3.55. The Kier molecular flexibility index (Phi) is 4.20. The summed E-state index contributed by atoms with van der Waals surface area (Å²) in [5.41, 5.74) is 7.61. The van der Waals surface area contributed by atoms with Gasteiger partial charge in [0, 0.05) is 16.5 Å². The van der Waals surface area contributed by atoms with Crippen molar-refractivity contribution < 1.29 is 18.5 Å². The van der Waals surface area contributed by atoms with Gasteiger partial charge in [-0.1, -0.05) is 60.7 Å². The van der Waals surface area contributed by atoms with Crippen molar-refractivity contribution in [3.05, 3.63) is 113 Å². The van der Waals surface area contributed by atoms with Crippen LogP contribution in [0.4, 0.5) is 0 Å². The number of benzene rings is 4. The molecule has 8 rings (SSSR count). The van der Waals surface area contributed by atoms with Gasteiger partial charge in [-0.3, -0.25) is 0 Å². The van der Waals surface area contributed by atoms with E-state index in [-0.39, 0.29) is 0 Å². The first-order chi connectivity index (χ1) is 18.3. The van der Waals surface area contributed by atoms with E-state index in [2.05, 4.69) is 100 Å². The van der Waals surface area contributed by atoms with Crippen molar-refractivity contribution in [1.29, 1.82) is 0 Å². The Morgan fingerprint density at radius 2 is 1.29 bits per heavy atom. The number of ether oxygens (including phenoxy) is 1. The predicted octanol–water partition coefficient (Wildman–Crippen LogP) is 7.20. The molecule has 1 aliphatic carbocycles. The maximum atomic E-state index is 6.50. The minimum atomic E-state index is -0.554. The first-order valence-corrected chi connectivity index (χ1v) is 13.2. The molecule has 0 unspecified atom stereocenters. The summed E-state index contributed by atoms with van der Waals surface area (Å²) in [7, 11) is -0.453. The Balaban J connectivity index is 1.48. The fourth-order valence-electron chi connectivity index (χ4n) is 6.58. The Hall–Kier alpha value is -3.80.